The first-order chi connectivity index (χ1) is 15.8. The minimum Gasteiger partial charge on any atom is -0.390 e. The molecule has 0 aliphatic carbocycles. The summed E-state index contributed by atoms with van der Waals surface area (Å²) >= 11 is 0. The summed E-state index contributed by atoms with van der Waals surface area (Å²) in [4.78, 5) is 12.9. The summed E-state index contributed by atoms with van der Waals surface area (Å²) in [6.45, 7) is 1.23. The minimum atomic E-state index is -3.84. The van der Waals surface area contributed by atoms with Gasteiger partial charge < -0.3 is 10.4 Å². The van der Waals surface area contributed by atoms with Gasteiger partial charge in [-0.25, -0.2) is 21.1 Å². The van der Waals surface area contributed by atoms with Crippen LogP contribution in [0.25, 0.3) is 0 Å². The molecule has 0 fully saturated rings. The van der Waals surface area contributed by atoms with Crippen LogP contribution in [-0.4, -0.2) is 82.0 Å². The van der Waals surface area contributed by atoms with Crippen molar-refractivity contribution in [2.75, 3.05) is 33.4 Å². The monoisotopic (exact) mass is 511 g/mol. The number of rotatable bonds is 12. The molecule has 1 amide bonds. The number of benzene rings is 2. The van der Waals surface area contributed by atoms with Crippen molar-refractivity contribution in [2.24, 2.45) is 5.92 Å². The average molecular weight is 512 g/mol. The Kier molecular flexibility index (Phi) is 9.77. The molecule has 34 heavy (non-hydrogen) atoms. The van der Waals surface area contributed by atoms with Gasteiger partial charge in [-0.2, -0.15) is 4.31 Å². The van der Waals surface area contributed by atoms with E-state index in [1.54, 1.807) is 18.2 Å². The summed E-state index contributed by atoms with van der Waals surface area (Å²) in [5, 5.41) is 13.7. The summed E-state index contributed by atoms with van der Waals surface area (Å²) < 4.78 is 52.1. The highest BCUT2D eigenvalue weighted by Crippen LogP contribution is 2.16. The first-order valence-corrected chi connectivity index (χ1v) is 13.8. The zero-order chi connectivity index (χ0) is 25.5. The van der Waals surface area contributed by atoms with E-state index in [1.165, 1.54) is 40.2 Å². The minimum absolute atomic E-state index is 0.0934. The number of carbonyl (C=O) groups is 1. The highest BCUT2D eigenvalue weighted by Gasteiger charge is 2.30. The summed E-state index contributed by atoms with van der Waals surface area (Å²) in [5.74, 6) is -1.80. The Labute approximate surface area is 202 Å². The Hall–Kier alpha value is -2.31. The van der Waals surface area contributed by atoms with Crippen LogP contribution in [0.2, 0.25) is 0 Å². The topological polar surface area (TPSA) is 124 Å². The van der Waals surface area contributed by atoms with Crippen LogP contribution < -0.4 is 5.32 Å². The third kappa shape index (κ3) is 7.60. The maximum absolute atomic E-state index is 12.9. The first kappa shape index (κ1) is 27.9. The van der Waals surface area contributed by atoms with Crippen LogP contribution in [-0.2, 0) is 31.3 Å². The van der Waals surface area contributed by atoms with Gasteiger partial charge in [0.15, 0.2) is 0 Å². The van der Waals surface area contributed by atoms with Gasteiger partial charge in [0.25, 0.3) is 0 Å². The number of aliphatic hydroxyl groups is 1. The van der Waals surface area contributed by atoms with Crippen LogP contribution in [0.15, 0.2) is 65.6 Å². The van der Waals surface area contributed by atoms with Gasteiger partial charge in [0.2, 0.25) is 26.0 Å². The van der Waals surface area contributed by atoms with Crippen molar-refractivity contribution >= 4 is 26.0 Å². The van der Waals surface area contributed by atoms with Crippen LogP contribution in [0.1, 0.15) is 12.5 Å². The standard InChI is InChI=1S/C23H33N3O6S2/c1-18(17-33(29,30)25(2)3)23(28)24-21(15-19-11-7-5-8-12-19)22(27)16-26(4)34(31,32)20-13-9-6-10-14-20/h5-14,18,21-22,27H,15-17H2,1-4H3,(H,24,28)/t18-,21+,22-/m1/s1. The molecule has 2 aromatic carbocycles. The Balaban J connectivity index is 2.20. The lowest BCUT2D eigenvalue weighted by Gasteiger charge is -2.29. The molecule has 11 heteroatoms. The Morgan fingerprint density at radius 3 is 2.00 bits per heavy atom. The lowest BCUT2D eigenvalue weighted by atomic mass is 10.00. The van der Waals surface area contributed by atoms with Crippen molar-refractivity contribution < 1.29 is 26.7 Å². The van der Waals surface area contributed by atoms with Gasteiger partial charge in [0.05, 0.1) is 28.7 Å². The zero-order valence-corrected chi connectivity index (χ0v) is 21.5. The number of sulfonamides is 2. The lowest BCUT2D eigenvalue weighted by Crippen LogP contribution is -2.51. The van der Waals surface area contributed by atoms with E-state index >= 15 is 0 Å². The van der Waals surface area contributed by atoms with Crippen molar-refractivity contribution in [3.63, 3.8) is 0 Å². The van der Waals surface area contributed by atoms with Crippen LogP contribution in [0.5, 0.6) is 0 Å². The van der Waals surface area contributed by atoms with Gasteiger partial charge >= 0.3 is 0 Å². The second-order valence-corrected chi connectivity index (χ2v) is 12.7. The van der Waals surface area contributed by atoms with Crippen LogP contribution in [0.4, 0.5) is 0 Å². The second kappa shape index (κ2) is 11.9. The number of likely N-dealkylation sites (N-methyl/N-ethyl adjacent to an activating group) is 1. The van der Waals surface area contributed by atoms with Crippen molar-refractivity contribution in [2.45, 2.75) is 30.4 Å². The van der Waals surface area contributed by atoms with E-state index in [4.69, 9.17) is 0 Å². The molecule has 188 valence electrons. The van der Waals surface area contributed by atoms with Crippen molar-refractivity contribution in [1.82, 2.24) is 13.9 Å². The van der Waals surface area contributed by atoms with E-state index in [0.29, 0.717) is 0 Å². The van der Waals surface area contributed by atoms with Gasteiger partial charge in [-0.15, -0.1) is 0 Å². The average Bonchev–Trinajstić information content (AvgIpc) is 2.79. The van der Waals surface area contributed by atoms with E-state index in [9.17, 15) is 26.7 Å². The number of hydrogen-bond donors (Lipinski definition) is 2. The number of aliphatic hydroxyl groups excluding tert-OH is 1. The molecule has 9 nitrogen and oxygen atoms in total. The molecule has 2 aromatic rings. The van der Waals surface area contributed by atoms with Crippen LogP contribution in [0.3, 0.4) is 0 Å². The summed E-state index contributed by atoms with van der Waals surface area (Å²) in [6, 6.07) is 16.1. The molecule has 0 aliphatic heterocycles. The van der Waals surface area contributed by atoms with Crippen molar-refractivity contribution in [3.05, 3.63) is 66.2 Å². The molecular weight excluding hydrogens is 478 g/mol. The van der Waals surface area contributed by atoms with E-state index in [0.717, 1.165) is 14.2 Å². The molecule has 0 spiro atoms. The molecule has 2 N–H and O–H groups in total. The quantitative estimate of drug-likeness (QED) is 0.437. The Morgan fingerprint density at radius 2 is 1.47 bits per heavy atom. The third-order valence-electron chi connectivity index (χ3n) is 5.45. The van der Waals surface area contributed by atoms with Gasteiger partial charge in [0, 0.05) is 27.7 Å². The maximum atomic E-state index is 12.9. The predicted octanol–water partition coefficient (Wildman–Crippen LogP) is 0.923. The number of amides is 1. The summed E-state index contributed by atoms with van der Waals surface area (Å²) in [6.07, 6.45) is -1.01. The highest BCUT2D eigenvalue weighted by atomic mass is 32.2. The lowest BCUT2D eigenvalue weighted by molar-refractivity contribution is -0.125. The van der Waals surface area contributed by atoms with E-state index in [1.807, 2.05) is 30.3 Å². The summed E-state index contributed by atoms with van der Waals surface area (Å²) in [7, 11) is -3.30. The molecule has 0 radical (unpaired) electrons. The van der Waals surface area contributed by atoms with E-state index < -0.39 is 44.0 Å². The van der Waals surface area contributed by atoms with Crippen molar-refractivity contribution in [3.8, 4) is 0 Å². The van der Waals surface area contributed by atoms with Crippen molar-refractivity contribution in [1.29, 1.82) is 0 Å². The van der Waals surface area contributed by atoms with Gasteiger partial charge in [-0.1, -0.05) is 55.5 Å². The molecule has 0 aliphatic rings. The first-order valence-electron chi connectivity index (χ1n) is 10.8. The fourth-order valence-electron chi connectivity index (χ4n) is 3.28. The number of hydrogen-bond acceptors (Lipinski definition) is 6. The van der Waals surface area contributed by atoms with Gasteiger partial charge in [0.1, 0.15) is 0 Å². The van der Waals surface area contributed by atoms with E-state index in [2.05, 4.69) is 5.32 Å². The van der Waals surface area contributed by atoms with Gasteiger partial charge in [-0.3, -0.25) is 4.79 Å². The molecule has 0 unspecified atom stereocenters. The number of nitrogens with zero attached hydrogens (tertiary/aromatic N) is 2. The molecule has 0 heterocycles. The predicted molar refractivity (Wildman–Crippen MR) is 131 cm³/mol. The Morgan fingerprint density at radius 1 is 0.941 bits per heavy atom. The zero-order valence-electron chi connectivity index (χ0n) is 19.8. The maximum Gasteiger partial charge on any atom is 0.242 e. The smallest absolute Gasteiger partial charge is 0.242 e. The molecule has 2 rings (SSSR count). The SMILES string of the molecule is C[C@H](CS(=O)(=O)N(C)C)C(=O)N[C@@H](Cc1ccccc1)[C@H](O)CN(C)S(=O)(=O)c1ccccc1. The normalized spacial score (nSPS) is 15.1. The second-order valence-electron chi connectivity index (χ2n) is 8.43. The van der Waals surface area contributed by atoms with Crippen LogP contribution >= 0.6 is 0 Å². The molecule has 0 bridgehead atoms. The molecule has 3 atom stereocenters. The molecule has 0 saturated carbocycles. The van der Waals surface area contributed by atoms with Crippen LogP contribution in [0, 0.1) is 5.92 Å². The van der Waals surface area contributed by atoms with E-state index in [-0.39, 0.29) is 23.6 Å². The third-order valence-corrected chi connectivity index (χ3v) is 9.32. The molecule has 0 saturated heterocycles. The number of nitrogens with one attached hydrogen (secondary N) is 1. The molecular formula is C23H33N3O6S2. The fraction of sp³-hybridized carbons (Fsp3) is 0.435. The largest absolute Gasteiger partial charge is 0.390 e. The van der Waals surface area contributed by atoms with Gasteiger partial charge in [-0.05, 0) is 24.1 Å². The fourth-order valence-corrected chi connectivity index (χ4v) is 5.57. The Bertz CT molecular complexity index is 1140. The summed E-state index contributed by atoms with van der Waals surface area (Å²) in [5.41, 5.74) is 0.828. The molecule has 0 aromatic heterocycles. The number of carbonyl (C=O) groups excluding carboxylic acids is 1. The highest BCUT2D eigenvalue weighted by molar-refractivity contribution is 7.89.